The molecule has 0 aromatic heterocycles. The molecule has 0 unspecified atom stereocenters. The van der Waals surface area contributed by atoms with Crippen molar-refractivity contribution in [2.24, 2.45) is 5.10 Å². The smallest absolute Gasteiger partial charge is 0.329 e. The molecule has 10 heteroatoms. The van der Waals surface area contributed by atoms with Crippen LogP contribution in [0.4, 0.5) is 11.4 Å². The molecular formula is C29H31ClN4O5. The van der Waals surface area contributed by atoms with Crippen LogP contribution in [0.3, 0.4) is 0 Å². The zero-order valence-electron chi connectivity index (χ0n) is 22.3. The van der Waals surface area contributed by atoms with E-state index in [2.05, 4.69) is 28.1 Å². The third kappa shape index (κ3) is 8.31. The van der Waals surface area contributed by atoms with Crippen LogP contribution in [-0.4, -0.2) is 37.1 Å². The van der Waals surface area contributed by atoms with E-state index in [9.17, 15) is 14.4 Å². The molecule has 3 N–H and O–H groups in total. The van der Waals surface area contributed by atoms with E-state index in [0.717, 1.165) is 17.5 Å². The highest BCUT2D eigenvalue weighted by Crippen LogP contribution is 2.36. The Kier molecular flexibility index (Phi) is 10.5. The number of aryl methyl sites for hydroxylation is 3. The minimum atomic E-state index is -0.930. The van der Waals surface area contributed by atoms with E-state index in [1.54, 1.807) is 13.0 Å². The number of nitrogens with zero attached hydrogens (tertiary/aromatic N) is 1. The van der Waals surface area contributed by atoms with Crippen LogP contribution in [0.25, 0.3) is 0 Å². The number of carbonyl (C=O) groups excluding carboxylic acids is 3. The number of rotatable bonds is 10. The first-order valence-electron chi connectivity index (χ1n) is 12.4. The molecule has 0 fully saturated rings. The van der Waals surface area contributed by atoms with E-state index in [1.807, 2.05) is 56.3 Å². The number of amides is 3. The van der Waals surface area contributed by atoms with Crippen molar-refractivity contribution in [2.75, 3.05) is 23.8 Å². The zero-order chi connectivity index (χ0) is 28.4. The lowest BCUT2D eigenvalue weighted by molar-refractivity contribution is -0.136. The number of anilines is 2. The Morgan fingerprint density at radius 2 is 1.62 bits per heavy atom. The minimum Gasteiger partial charge on any atom is -0.490 e. The van der Waals surface area contributed by atoms with Crippen LogP contribution >= 0.6 is 11.6 Å². The molecule has 0 bridgehead atoms. The van der Waals surface area contributed by atoms with Crippen molar-refractivity contribution in [1.82, 2.24) is 5.43 Å². The zero-order valence-corrected chi connectivity index (χ0v) is 23.0. The second-order valence-corrected chi connectivity index (χ2v) is 8.98. The summed E-state index contributed by atoms with van der Waals surface area (Å²) in [4.78, 5) is 36.9. The summed E-state index contributed by atoms with van der Waals surface area (Å²) in [6.07, 6.45) is 2.22. The highest BCUT2D eigenvalue weighted by atomic mass is 35.5. The fraction of sp³-hybridized carbons (Fsp3) is 0.241. The minimum absolute atomic E-state index is 0.182. The molecule has 9 nitrogen and oxygen atoms in total. The Labute approximate surface area is 232 Å². The molecule has 0 saturated carbocycles. The lowest BCUT2D eigenvalue weighted by Gasteiger charge is -2.14. The molecule has 0 aliphatic rings. The highest BCUT2D eigenvalue weighted by molar-refractivity contribution is 6.39. The van der Waals surface area contributed by atoms with Gasteiger partial charge in [0.15, 0.2) is 18.1 Å². The second kappa shape index (κ2) is 14.0. The lowest BCUT2D eigenvalue weighted by Crippen LogP contribution is -2.32. The van der Waals surface area contributed by atoms with Gasteiger partial charge in [0.2, 0.25) is 0 Å². The summed E-state index contributed by atoms with van der Waals surface area (Å²) in [5, 5.41) is 9.40. The number of hydrogen-bond donors (Lipinski definition) is 3. The number of para-hydroxylation sites is 1. The van der Waals surface area contributed by atoms with Crippen LogP contribution in [0.5, 0.6) is 11.5 Å². The van der Waals surface area contributed by atoms with Gasteiger partial charge in [-0.05, 0) is 73.7 Å². The Morgan fingerprint density at radius 3 is 2.26 bits per heavy atom. The molecule has 0 spiro atoms. The van der Waals surface area contributed by atoms with Gasteiger partial charge in [0.05, 0.1) is 17.8 Å². The molecule has 0 radical (unpaired) electrons. The average molecular weight is 551 g/mol. The van der Waals surface area contributed by atoms with Gasteiger partial charge in [-0.3, -0.25) is 14.4 Å². The summed E-state index contributed by atoms with van der Waals surface area (Å²) >= 11 is 6.41. The predicted molar refractivity (Wildman–Crippen MR) is 153 cm³/mol. The van der Waals surface area contributed by atoms with Gasteiger partial charge in [0.25, 0.3) is 5.91 Å². The maximum atomic E-state index is 12.4. The third-order valence-corrected chi connectivity index (χ3v) is 5.91. The first-order valence-corrected chi connectivity index (χ1v) is 12.8. The molecule has 3 rings (SSSR count). The van der Waals surface area contributed by atoms with Gasteiger partial charge in [-0.1, -0.05) is 48.9 Å². The van der Waals surface area contributed by atoms with E-state index >= 15 is 0 Å². The highest BCUT2D eigenvalue weighted by Gasteiger charge is 2.16. The van der Waals surface area contributed by atoms with Crippen LogP contribution in [-0.2, 0) is 20.8 Å². The summed E-state index contributed by atoms with van der Waals surface area (Å²) < 4.78 is 11.3. The van der Waals surface area contributed by atoms with Crippen molar-refractivity contribution in [3.63, 3.8) is 0 Å². The molecule has 0 atom stereocenters. The van der Waals surface area contributed by atoms with Crippen LogP contribution in [0.1, 0.15) is 36.1 Å². The maximum Gasteiger partial charge on any atom is 0.329 e. The van der Waals surface area contributed by atoms with Gasteiger partial charge < -0.3 is 20.1 Å². The van der Waals surface area contributed by atoms with E-state index in [-0.39, 0.29) is 23.3 Å². The van der Waals surface area contributed by atoms with Crippen molar-refractivity contribution >= 4 is 46.9 Å². The molecule has 39 heavy (non-hydrogen) atoms. The Bertz CT molecular complexity index is 1350. The van der Waals surface area contributed by atoms with Crippen molar-refractivity contribution in [2.45, 2.75) is 34.1 Å². The van der Waals surface area contributed by atoms with Crippen LogP contribution in [0, 0.1) is 13.8 Å². The topological polar surface area (TPSA) is 118 Å². The fourth-order valence-corrected chi connectivity index (χ4v) is 3.90. The molecule has 0 heterocycles. The quantitative estimate of drug-likeness (QED) is 0.186. The maximum absolute atomic E-state index is 12.4. The van der Waals surface area contributed by atoms with E-state index < -0.39 is 11.8 Å². The summed E-state index contributed by atoms with van der Waals surface area (Å²) in [7, 11) is 0. The summed E-state index contributed by atoms with van der Waals surface area (Å²) in [6, 6.07) is 16.2. The van der Waals surface area contributed by atoms with Gasteiger partial charge in [-0.25, -0.2) is 5.43 Å². The Morgan fingerprint density at radius 1 is 0.923 bits per heavy atom. The fourth-order valence-electron chi connectivity index (χ4n) is 3.62. The second-order valence-electron chi connectivity index (χ2n) is 8.57. The first kappa shape index (κ1) is 29.2. The molecule has 3 aromatic carbocycles. The average Bonchev–Trinajstić information content (AvgIpc) is 2.90. The largest absolute Gasteiger partial charge is 0.490 e. The lowest BCUT2D eigenvalue weighted by atomic mass is 10.1. The van der Waals surface area contributed by atoms with Gasteiger partial charge in [0, 0.05) is 11.4 Å². The number of ether oxygens (including phenoxy) is 2. The van der Waals surface area contributed by atoms with Crippen molar-refractivity contribution in [3.05, 3.63) is 81.9 Å². The van der Waals surface area contributed by atoms with Gasteiger partial charge in [-0.2, -0.15) is 5.10 Å². The Hall–Kier alpha value is -4.37. The predicted octanol–water partition coefficient (Wildman–Crippen LogP) is 5.02. The Balaban J connectivity index is 1.62. The van der Waals surface area contributed by atoms with Crippen molar-refractivity contribution in [1.29, 1.82) is 0 Å². The molecular weight excluding hydrogens is 520 g/mol. The monoisotopic (exact) mass is 550 g/mol. The third-order valence-electron chi connectivity index (χ3n) is 5.63. The van der Waals surface area contributed by atoms with Gasteiger partial charge in [0.1, 0.15) is 0 Å². The standard InChI is InChI=1S/C29H31ClN4O5/c1-5-20-10-12-22(13-11-20)32-25(35)17-39-27-23(30)14-21(15-24(27)38-6-2)16-31-34-29(37)28(36)33-26-18(3)8-7-9-19(26)4/h7-16H,5-6,17H2,1-4H3,(H,32,35)(H,33,36)(H,34,37)/b31-16-. The number of hydrogen-bond acceptors (Lipinski definition) is 6. The number of nitrogens with one attached hydrogen (secondary N) is 3. The summed E-state index contributed by atoms with van der Waals surface area (Å²) in [5.41, 5.74) is 6.75. The van der Waals surface area contributed by atoms with Gasteiger partial charge >= 0.3 is 11.8 Å². The van der Waals surface area contributed by atoms with Crippen LogP contribution in [0.15, 0.2) is 59.7 Å². The molecule has 0 aliphatic carbocycles. The molecule has 0 aliphatic heterocycles. The van der Waals surface area contributed by atoms with Gasteiger partial charge in [-0.15, -0.1) is 0 Å². The summed E-state index contributed by atoms with van der Waals surface area (Å²) in [6.45, 7) is 7.56. The van der Waals surface area contributed by atoms with Crippen molar-refractivity contribution < 1.29 is 23.9 Å². The van der Waals surface area contributed by atoms with Crippen molar-refractivity contribution in [3.8, 4) is 11.5 Å². The van der Waals surface area contributed by atoms with E-state index in [4.69, 9.17) is 21.1 Å². The van der Waals surface area contributed by atoms with Crippen LogP contribution < -0.4 is 25.5 Å². The first-order chi connectivity index (χ1) is 18.7. The number of hydrazone groups is 1. The number of halogens is 1. The SMILES string of the molecule is CCOc1cc(/C=N\NC(=O)C(=O)Nc2c(C)cccc2C)cc(Cl)c1OCC(=O)Nc1ccc(CC)cc1. The van der Waals surface area contributed by atoms with E-state index in [0.29, 0.717) is 29.3 Å². The summed E-state index contributed by atoms with van der Waals surface area (Å²) in [5.74, 6) is -1.64. The molecule has 204 valence electrons. The van der Waals surface area contributed by atoms with E-state index in [1.165, 1.54) is 17.8 Å². The molecule has 0 saturated heterocycles. The number of benzene rings is 3. The number of carbonyl (C=O) groups is 3. The molecule has 3 aromatic rings. The normalized spacial score (nSPS) is 10.7. The molecule has 3 amide bonds. The van der Waals surface area contributed by atoms with Crippen LogP contribution in [0.2, 0.25) is 5.02 Å².